The summed E-state index contributed by atoms with van der Waals surface area (Å²) >= 11 is 0. The second-order valence-electron chi connectivity index (χ2n) is 8.79. The van der Waals surface area contributed by atoms with E-state index in [1.54, 1.807) is 0 Å². The van der Waals surface area contributed by atoms with Crippen molar-refractivity contribution >= 4 is 9.28 Å². The van der Waals surface area contributed by atoms with Crippen LogP contribution in [-0.4, -0.2) is 22.5 Å². The van der Waals surface area contributed by atoms with E-state index in [-0.39, 0.29) is 0 Å². The Kier molecular flexibility index (Phi) is 33.7. The zero-order chi connectivity index (χ0) is 22.5. The van der Waals surface area contributed by atoms with Crippen molar-refractivity contribution in [3.05, 3.63) is 0 Å². The zero-order valence-corrected chi connectivity index (χ0v) is 23.1. The normalized spacial score (nSPS) is 11.0. The van der Waals surface area contributed by atoms with E-state index in [0.717, 1.165) is 19.3 Å². The van der Waals surface area contributed by atoms with Gasteiger partial charge in [0.25, 0.3) is 0 Å². The third-order valence-electron chi connectivity index (χ3n) is 5.69. The Morgan fingerprint density at radius 3 is 0.833 bits per heavy atom. The first-order chi connectivity index (χ1) is 14.8. The molecular weight excluding hydrogens is 384 g/mol. The summed E-state index contributed by atoms with van der Waals surface area (Å²) in [4.78, 5) is 0. The maximum absolute atomic E-state index is 5.44. The van der Waals surface area contributed by atoms with E-state index in [4.69, 9.17) is 8.85 Å². The van der Waals surface area contributed by atoms with Crippen LogP contribution in [0.15, 0.2) is 0 Å². The minimum atomic E-state index is -1.23. The largest absolute Gasteiger partial charge is 0.397 e. The summed E-state index contributed by atoms with van der Waals surface area (Å²) in [6.07, 6.45) is 27.6. The predicted octanol–water partition coefficient (Wildman–Crippen LogP) is 9.74. The average molecular weight is 445 g/mol. The Hall–Kier alpha value is 0.137. The Balaban J connectivity index is 0. The summed E-state index contributed by atoms with van der Waals surface area (Å²) in [5, 5.41) is 0. The van der Waals surface area contributed by atoms with Gasteiger partial charge in [0.15, 0.2) is 0 Å². The third kappa shape index (κ3) is 30.3. The van der Waals surface area contributed by atoms with Crippen LogP contribution in [0.25, 0.3) is 0 Å². The van der Waals surface area contributed by atoms with Crippen molar-refractivity contribution in [2.45, 2.75) is 163 Å². The van der Waals surface area contributed by atoms with Gasteiger partial charge in [0, 0.05) is 13.2 Å². The molecule has 0 unspecified atom stereocenters. The fourth-order valence-corrected chi connectivity index (χ4v) is 5.44. The third-order valence-corrected chi connectivity index (χ3v) is 8.15. The molecule has 0 atom stereocenters. The summed E-state index contributed by atoms with van der Waals surface area (Å²) in [6, 6.07) is 1.14. The van der Waals surface area contributed by atoms with E-state index >= 15 is 0 Å². The topological polar surface area (TPSA) is 18.5 Å². The van der Waals surface area contributed by atoms with Crippen LogP contribution in [0.3, 0.4) is 0 Å². The fraction of sp³-hybridized carbons (Fsp3) is 1.00. The Labute approximate surface area is 194 Å². The van der Waals surface area contributed by atoms with Gasteiger partial charge in [0.05, 0.1) is 0 Å². The molecule has 0 N–H and O–H groups in total. The van der Waals surface area contributed by atoms with Crippen molar-refractivity contribution in [1.29, 1.82) is 0 Å². The lowest BCUT2D eigenvalue weighted by Crippen LogP contribution is -2.22. The standard InChI is InChI=1S/C20H42.C7H18O2Si/c1-3-5-7-9-11-13-15-17-19-20-18-16-14-12-10-8-6-4-2;1-4-7-10(8-5-2)9-6-3/h3-20H2,1-2H3;10H,4-7H2,1-3H3. The second kappa shape index (κ2) is 31.3. The molecule has 3 heteroatoms. The van der Waals surface area contributed by atoms with Crippen molar-refractivity contribution in [1.82, 2.24) is 0 Å². The molecule has 0 saturated heterocycles. The molecule has 0 saturated carbocycles. The molecule has 0 aromatic carbocycles. The Morgan fingerprint density at radius 1 is 0.367 bits per heavy atom. The van der Waals surface area contributed by atoms with E-state index in [0.29, 0.717) is 0 Å². The van der Waals surface area contributed by atoms with Crippen molar-refractivity contribution < 1.29 is 8.85 Å². The first kappa shape index (κ1) is 32.3. The summed E-state index contributed by atoms with van der Waals surface area (Å²) in [6.45, 7) is 12.4. The highest BCUT2D eigenvalue weighted by molar-refractivity contribution is 6.44. The predicted molar refractivity (Wildman–Crippen MR) is 140 cm³/mol. The molecule has 0 aromatic rings. The van der Waals surface area contributed by atoms with Gasteiger partial charge in [0.2, 0.25) is 0 Å². The van der Waals surface area contributed by atoms with Crippen LogP contribution in [0.4, 0.5) is 0 Å². The smallest absolute Gasteiger partial charge is 0.321 e. The first-order valence-corrected chi connectivity index (χ1v) is 15.8. The van der Waals surface area contributed by atoms with Crippen LogP contribution in [0, 0.1) is 0 Å². The highest BCUT2D eigenvalue weighted by Crippen LogP contribution is 2.14. The molecule has 184 valence electrons. The number of hydrogen-bond donors (Lipinski definition) is 0. The van der Waals surface area contributed by atoms with Crippen molar-refractivity contribution in [2.75, 3.05) is 13.2 Å². The fourth-order valence-electron chi connectivity index (χ4n) is 3.80. The van der Waals surface area contributed by atoms with Gasteiger partial charge >= 0.3 is 9.28 Å². The van der Waals surface area contributed by atoms with Crippen LogP contribution in [0.2, 0.25) is 6.04 Å². The molecule has 0 amide bonds. The van der Waals surface area contributed by atoms with E-state index in [2.05, 4.69) is 20.8 Å². The molecule has 0 bridgehead atoms. The number of unbranched alkanes of at least 4 members (excludes halogenated alkanes) is 17. The monoisotopic (exact) mass is 444 g/mol. The minimum Gasteiger partial charge on any atom is -0.397 e. The molecule has 0 aliphatic carbocycles. The Morgan fingerprint density at radius 2 is 0.633 bits per heavy atom. The molecule has 0 spiro atoms. The van der Waals surface area contributed by atoms with Crippen LogP contribution in [0.1, 0.15) is 157 Å². The highest BCUT2D eigenvalue weighted by atomic mass is 28.3. The highest BCUT2D eigenvalue weighted by Gasteiger charge is 2.08. The molecule has 0 radical (unpaired) electrons. The van der Waals surface area contributed by atoms with Crippen molar-refractivity contribution in [2.24, 2.45) is 0 Å². The average Bonchev–Trinajstić information content (AvgIpc) is 2.74. The summed E-state index contributed by atoms with van der Waals surface area (Å²) in [7, 11) is -1.23. The number of rotatable bonds is 23. The molecule has 0 aliphatic heterocycles. The lowest BCUT2D eigenvalue weighted by molar-refractivity contribution is 0.213. The van der Waals surface area contributed by atoms with Gasteiger partial charge in [-0.25, -0.2) is 0 Å². The van der Waals surface area contributed by atoms with Crippen LogP contribution < -0.4 is 0 Å². The molecule has 30 heavy (non-hydrogen) atoms. The Bertz CT molecular complexity index is 241. The first-order valence-electron chi connectivity index (χ1n) is 14.0. The van der Waals surface area contributed by atoms with Gasteiger partial charge in [-0.2, -0.15) is 0 Å². The van der Waals surface area contributed by atoms with Gasteiger partial charge in [-0.05, 0) is 19.9 Å². The SMILES string of the molecule is CCCCCCCCCCCCCCCCCCCC.CCC[SiH](OCC)OCC. The quantitative estimate of drug-likeness (QED) is 0.115. The van der Waals surface area contributed by atoms with E-state index in [9.17, 15) is 0 Å². The van der Waals surface area contributed by atoms with Gasteiger partial charge in [-0.1, -0.05) is 143 Å². The lowest BCUT2D eigenvalue weighted by atomic mass is 10.0. The van der Waals surface area contributed by atoms with E-state index in [1.807, 2.05) is 13.8 Å². The minimum absolute atomic E-state index is 0.802. The maximum Gasteiger partial charge on any atom is 0.321 e. The van der Waals surface area contributed by atoms with Crippen molar-refractivity contribution in [3.63, 3.8) is 0 Å². The lowest BCUT2D eigenvalue weighted by Gasteiger charge is -2.12. The van der Waals surface area contributed by atoms with Gasteiger partial charge in [-0.15, -0.1) is 0 Å². The van der Waals surface area contributed by atoms with Gasteiger partial charge < -0.3 is 8.85 Å². The van der Waals surface area contributed by atoms with E-state index in [1.165, 1.54) is 122 Å². The maximum atomic E-state index is 5.44. The summed E-state index contributed by atoms with van der Waals surface area (Å²) in [5.41, 5.74) is 0. The molecule has 0 heterocycles. The molecule has 2 nitrogen and oxygen atoms in total. The van der Waals surface area contributed by atoms with Crippen LogP contribution in [0.5, 0.6) is 0 Å². The van der Waals surface area contributed by atoms with Crippen LogP contribution in [-0.2, 0) is 8.85 Å². The van der Waals surface area contributed by atoms with Crippen LogP contribution >= 0.6 is 0 Å². The number of hydrogen-bond acceptors (Lipinski definition) is 2. The summed E-state index contributed by atoms with van der Waals surface area (Å²) in [5.74, 6) is 0. The molecule has 0 aliphatic rings. The molecule has 0 fully saturated rings. The van der Waals surface area contributed by atoms with Crippen molar-refractivity contribution in [3.8, 4) is 0 Å². The molecule has 0 rings (SSSR count). The van der Waals surface area contributed by atoms with E-state index < -0.39 is 9.28 Å². The zero-order valence-electron chi connectivity index (χ0n) is 22.0. The van der Waals surface area contributed by atoms with Gasteiger partial charge in [-0.3, -0.25) is 0 Å². The summed E-state index contributed by atoms with van der Waals surface area (Å²) < 4.78 is 10.9. The molecule has 0 aromatic heterocycles. The molecular formula is C27H60O2Si. The van der Waals surface area contributed by atoms with Gasteiger partial charge in [0.1, 0.15) is 0 Å². The second-order valence-corrected chi connectivity index (χ2v) is 10.9.